The van der Waals surface area contributed by atoms with E-state index in [1.807, 2.05) is 34.9 Å². The fraction of sp³-hybridized carbons (Fsp3) is 0.160. The molecule has 0 aliphatic heterocycles. The molecule has 4 rings (SSSR count). The number of hydrogen-bond donors (Lipinski definition) is 2. The summed E-state index contributed by atoms with van der Waals surface area (Å²) >= 11 is 1.15. The Morgan fingerprint density at radius 1 is 0.943 bits per heavy atom. The molecule has 0 atom stereocenters. The molecule has 2 N–H and O–H groups in total. The third-order valence-corrected chi connectivity index (χ3v) is 6.02. The molecule has 180 valence electrons. The topological polar surface area (TPSA) is 76.0 Å². The van der Waals surface area contributed by atoms with Gasteiger partial charge in [-0.2, -0.15) is 13.2 Å². The van der Waals surface area contributed by atoms with E-state index in [1.165, 1.54) is 13.0 Å². The minimum Gasteiger partial charge on any atom is -0.326 e. The zero-order valence-corrected chi connectivity index (χ0v) is 19.4. The van der Waals surface area contributed by atoms with Crippen molar-refractivity contribution in [2.24, 2.45) is 0 Å². The lowest BCUT2D eigenvalue weighted by atomic mass is 10.2. The first-order valence-corrected chi connectivity index (χ1v) is 11.6. The van der Waals surface area contributed by atoms with Crippen LogP contribution in [0.15, 0.2) is 78.0 Å². The Balaban J connectivity index is 1.53. The van der Waals surface area contributed by atoms with Crippen molar-refractivity contribution in [2.75, 3.05) is 16.4 Å². The molecule has 1 heterocycles. The van der Waals surface area contributed by atoms with Crippen LogP contribution in [0.4, 0.5) is 24.5 Å². The van der Waals surface area contributed by atoms with Gasteiger partial charge in [0.1, 0.15) is 0 Å². The molecule has 35 heavy (non-hydrogen) atoms. The third kappa shape index (κ3) is 6.21. The smallest absolute Gasteiger partial charge is 0.326 e. The van der Waals surface area contributed by atoms with Crippen molar-refractivity contribution >= 4 is 46.0 Å². The summed E-state index contributed by atoms with van der Waals surface area (Å²) in [5, 5.41) is 5.86. The van der Waals surface area contributed by atoms with Gasteiger partial charge in [-0.3, -0.25) is 9.59 Å². The van der Waals surface area contributed by atoms with Gasteiger partial charge in [-0.1, -0.05) is 42.1 Å². The number of amides is 2. The zero-order valence-electron chi connectivity index (χ0n) is 18.6. The summed E-state index contributed by atoms with van der Waals surface area (Å²) in [4.78, 5) is 28.1. The van der Waals surface area contributed by atoms with Crippen molar-refractivity contribution in [3.63, 3.8) is 0 Å². The van der Waals surface area contributed by atoms with Gasteiger partial charge in [-0.25, -0.2) is 4.98 Å². The van der Waals surface area contributed by atoms with Gasteiger partial charge in [0, 0.05) is 18.3 Å². The number of halogens is 3. The lowest BCUT2D eigenvalue weighted by Gasteiger charge is -2.10. The highest BCUT2D eigenvalue weighted by molar-refractivity contribution is 7.99. The Morgan fingerprint density at radius 2 is 1.60 bits per heavy atom. The Morgan fingerprint density at radius 3 is 2.23 bits per heavy atom. The van der Waals surface area contributed by atoms with Crippen molar-refractivity contribution in [3.8, 4) is 0 Å². The average molecular weight is 499 g/mol. The summed E-state index contributed by atoms with van der Waals surface area (Å²) in [7, 11) is 0. The van der Waals surface area contributed by atoms with E-state index in [9.17, 15) is 22.8 Å². The third-order valence-electron chi connectivity index (χ3n) is 5.05. The molecule has 0 saturated carbocycles. The molecule has 0 saturated heterocycles. The van der Waals surface area contributed by atoms with Crippen LogP contribution < -0.4 is 10.6 Å². The number of nitrogens with zero attached hydrogens (tertiary/aromatic N) is 2. The molecule has 1 aromatic heterocycles. The number of fused-ring (bicyclic) bond motifs is 1. The van der Waals surface area contributed by atoms with E-state index in [4.69, 9.17) is 0 Å². The van der Waals surface area contributed by atoms with Gasteiger partial charge in [-0.05, 0) is 48.0 Å². The van der Waals surface area contributed by atoms with E-state index < -0.39 is 11.7 Å². The molecule has 0 aliphatic carbocycles. The van der Waals surface area contributed by atoms with Crippen LogP contribution in [0, 0.1) is 0 Å². The fourth-order valence-corrected chi connectivity index (χ4v) is 4.29. The number of rotatable bonds is 7. The Labute approximate surface area is 203 Å². The number of anilines is 2. The fourth-order valence-electron chi connectivity index (χ4n) is 3.48. The maximum absolute atomic E-state index is 13.2. The van der Waals surface area contributed by atoms with Gasteiger partial charge in [0.2, 0.25) is 11.8 Å². The number of thioether (sulfide) groups is 1. The Hall–Kier alpha value is -3.79. The largest absolute Gasteiger partial charge is 0.416 e. The monoisotopic (exact) mass is 498 g/mol. The number of benzene rings is 3. The lowest BCUT2D eigenvalue weighted by Crippen LogP contribution is -2.15. The molecule has 4 aromatic rings. The number of carbonyl (C=O) groups excluding carboxylic acids is 2. The summed E-state index contributed by atoms with van der Waals surface area (Å²) in [6, 6.07) is 19.6. The van der Waals surface area contributed by atoms with E-state index in [-0.39, 0.29) is 23.1 Å². The molecular formula is C25H21F3N4O2S. The van der Waals surface area contributed by atoms with Gasteiger partial charge in [0.25, 0.3) is 0 Å². The first-order chi connectivity index (χ1) is 16.7. The van der Waals surface area contributed by atoms with E-state index in [2.05, 4.69) is 15.6 Å². The predicted molar refractivity (Wildman–Crippen MR) is 130 cm³/mol. The van der Waals surface area contributed by atoms with Crippen LogP contribution in [-0.2, 0) is 22.3 Å². The molecule has 10 heteroatoms. The highest BCUT2D eigenvalue weighted by Crippen LogP contribution is 2.33. The molecular weight excluding hydrogens is 477 g/mol. The quantitative estimate of drug-likeness (QED) is 0.316. The number of carbonyl (C=O) groups is 2. The Kier molecular flexibility index (Phi) is 7.11. The number of nitrogens with one attached hydrogen (secondary N) is 2. The molecule has 0 fully saturated rings. The van der Waals surface area contributed by atoms with Crippen molar-refractivity contribution in [2.45, 2.75) is 24.8 Å². The number of aromatic nitrogens is 2. The molecule has 3 aromatic carbocycles. The number of alkyl halides is 3. The van der Waals surface area contributed by atoms with Crippen LogP contribution in [0.3, 0.4) is 0 Å². The standard InChI is InChI=1S/C25H21F3N4O2S/c1-16(33)29-19-8-10-20(11-9-19)30-23(34)15-35-24-31-21-13-18(25(26,27)28)7-12-22(21)32(24)14-17-5-3-2-4-6-17/h2-13H,14-15H2,1H3,(H,29,33)(H,30,34). The van der Waals surface area contributed by atoms with Crippen LogP contribution in [0.2, 0.25) is 0 Å². The maximum Gasteiger partial charge on any atom is 0.416 e. The second-order valence-electron chi connectivity index (χ2n) is 7.76. The van der Waals surface area contributed by atoms with E-state index in [0.717, 1.165) is 29.5 Å². The summed E-state index contributed by atoms with van der Waals surface area (Å²) in [5.41, 5.74) is 2.12. The molecule has 0 unspecified atom stereocenters. The summed E-state index contributed by atoms with van der Waals surface area (Å²) in [5.74, 6) is -0.479. The van der Waals surface area contributed by atoms with Gasteiger partial charge >= 0.3 is 6.18 Å². The van der Waals surface area contributed by atoms with Crippen molar-refractivity contribution in [1.29, 1.82) is 0 Å². The molecule has 2 amide bonds. The lowest BCUT2D eigenvalue weighted by molar-refractivity contribution is -0.137. The molecule has 6 nitrogen and oxygen atoms in total. The van der Waals surface area contributed by atoms with Crippen LogP contribution in [0.25, 0.3) is 11.0 Å². The van der Waals surface area contributed by atoms with Crippen molar-refractivity contribution < 1.29 is 22.8 Å². The molecule has 0 aliphatic rings. The van der Waals surface area contributed by atoms with Gasteiger partial charge in [-0.15, -0.1) is 0 Å². The molecule has 0 bridgehead atoms. The highest BCUT2D eigenvalue weighted by atomic mass is 32.2. The zero-order chi connectivity index (χ0) is 25.0. The van der Waals surface area contributed by atoms with Gasteiger partial charge < -0.3 is 15.2 Å². The summed E-state index contributed by atoms with van der Waals surface area (Å²) < 4.78 is 41.4. The predicted octanol–water partition coefficient (Wildman–Crippen LogP) is 5.79. The maximum atomic E-state index is 13.2. The second kappa shape index (κ2) is 10.2. The normalized spacial score (nSPS) is 11.4. The van der Waals surface area contributed by atoms with Crippen LogP contribution >= 0.6 is 11.8 Å². The highest BCUT2D eigenvalue weighted by Gasteiger charge is 2.31. The SMILES string of the molecule is CC(=O)Nc1ccc(NC(=O)CSc2nc3cc(C(F)(F)F)ccc3n2Cc2ccccc2)cc1. The van der Waals surface area contributed by atoms with E-state index in [0.29, 0.717) is 28.6 Å². The van der Waals surface area contributed by atoms with E-state index in [1.54, 1.807) is 24.3 Å². The molecule has 0 spiro atoms. The molecule has 0 radical (unpaired) electrons. The van der Waals surface area contributed by atoms with Gasteiger partial charge in [0.05, 0.1) is 28.9 Å². The first kappa shape index (κ1) is 24.3. The first-order valence-electron chi connectivity index (χ1n) is 10.6. The second-order valence-corrected chi connectivity index (χ2v) is 8.71. The van der Waals surface area contributed by atoms with Crippen LogP contribution in [0.5, 0.6) is 0 Å². The van der Waals surface area contributed by atoms with E-state index >= 15 is 0 Å². The summed E-state index contributed by atoms with van der Waals surface area (Å²) in [6.07, 6.45) is -4.47. The minimum absolute atomic E-state index is 0.0116. The van der Waals surface area contributed by atoms with Gasteiger partial charge in [0.15, 0.2) is 5.16 Å². The number of hydrogen-bond acceptors (Lipinski definition) is 4. The van der Waals surface area contributed by atoms with Crippen molar-refractivity contribution in [1.82, 2.24) is 9.55 Å². The number of imidazole rings is 1. The summed E-state index contributed by atoms with van der Waals surface area (Å²) in [6.45, 7) is 1.80. The van der Waals surface area contributed by atoms with Crippen LogP contribution in [0.1, 0.15) is 18.1 Å². The Bertz CT molecular complexity index is 1350. The average Bonchev–Trinajstić information content (AvgIpc) is 3.15. The van der Waals surface area contributed by atoms with Crippen molar-refractivity contribution in [3.05, 3.63) is 83.9 Å². The minimum atomic E-state index is -4.47. The van der Waals surface area contributed by atoms with Crippen LogP contribution in [-0.4, -0.2) is 27.1 Å².